The zero-order chi connectivity index (χ0) is 10.6. The third-order valence-corrected chi connectivity index (χ3v) is 1.94. The number of allylic oxidation sites excluding steroid dienone is 2. The second-order valence-electron chi connectivity index (χ2n) is 3.06. The predicted octanol–water partition coefficient (Wildman–Crippen LogP) is 0.550. The van der Waals surface area contributed by atoms with Gasteiger partial charge in [-0.25, -0.2) is 4.79 Å². The summed E-state index contributed by atoms with van der Waals surface area (Å²) in [5, 5.41) is 2.59. The second-order valence-corrected chi connectivity index (χ2v) is 3.06. The molecule has 76 valence electrons. The minimum Gasteiger partial charge on any atom is -0.449 e. The lowest BCUT2D eigenvalue weighted by molar-refractivity contribution is -0.150. The van der Waals surface area contributed by atoms with Crippen LogP contribution in [0.15, 0.2) is 24.3 Å². The van der Waals surface area contributed by atoms with Crippen molar-refractivity contribution < 1.29 is 14.3 Å². The standard InChI is InChI=1S/C10H13NO3/c1-3-4-7(2)10(13)14-8-5-6-11-9(8)12/h3-4,8H,1,5-6H2,2H3,(H,11,12)/b7-4+. The van der Waals surface area contributed by atoms with E-state index in [1.165, 1.54) is 6.08 Å². The van der Waals surface area contributed by atoms with Gasteiger partial charge in [-0.1, -0.05) is 18.7 Å². The maximum Gasteiger partial charge on any atom is 0.334 e. The molecule has 0 aromatic rings. The lowest BCUT2D eigenvalue weighted by Crippen LogP contribution is -2.27. The number of amides is 1. The SMILES string of the molecule is C=C/C=C(\C)C(=O)OC1CCNC1=O. The Balaban J connectivity index is 2.52. The average molecular weight is 195 g/mol. The number of hydrogen-bond acceptors (Lipinski definition) is 3. The number of hydrogen-bond donors (Lipinski definition) is 1. The first-order valence-corrected chi connectivity index (χ1v) is 4.43. The first-order chi connectivity index (χ1) is 6.65. The normalized spacial score (nSPS) is 21.6. The van der Waals surface area contributed by atoms with Gasteiger partial charge < -0.3 is 10.1 Å². The molecule has 1 atom stereocenters. The zero-order valence-electron chi connectivity index (χ0n) is 8.08. The molecule has 0 bridgehead atoms. The van der Waals surface area contributed by atoms with Crippen molar-refractivity contribution >= 4 is 11.9 Å². The fourth-order valence-electron chi connectivity index (χ4n) is 1.15. The van der Waals surface area contributed by atoms with Gasteiger partial charge in [-0.05, 0) is 6.92 Å². The van der Waals surface area contributed by atoms with Crippen molar-refractivity contribution in [3.63, 3.8) is 0 Å². The highest BCUT2D eigenvalue weighted by atomic mass is 16.5. The van der Waals surface area contributed by atoms with Crippen LogP contribution < -0.4 is 5.32 Å². The summed E-state index contributed by atoms with van der Waals surface area (Å²) in [5.74, 6) is -0.684. The summed E-state index contributed by atoms with van der Waals surface area (Å²) in [6.45, 7) is 5.66. The smallest absolute Gasteiger partial charge is 0.334 e. The molecule has 14 heavy (non-hydrogen) atoms. The minimum atomic E-state index is -0.629. The molecule has 0 spiro atoms. The molecule has 0 aromatic carbocycles. The van der Waals surface area contributed by atoms with Gasteiger partial charge in [-0.3, -0.25) is 4.79 Å². The Morgan fingerprint density at radius 3 is 2.93 bits per heavy atom. The van der Waals surface area contributed by atoms with Crippen molar-refractivity contribution in [3.8, 4) is 0 Å². The summed E-state index contributed by atoms with van der Waals surface area (Å²) in [6.07, 6.45) is 2.97. The molecular formula is C10H13NO3. The molecule has 0 aromatic heterocycles. The van der Waals surface area contributed by atoms with E-state index < -0.39 is 12.1 Å². The van der Waals surface area contributed by atoms with Gasteiger partial charge >= 0.3 is 5.97 Å². The van der Waals surface area contributed by atoms with Crippen molar-refractivity contribution in [2.45, 2.75) is 19.4 Å². The minimum absolute atomic E-state index is 0.218. The summed E-state index contributed by atoms with van der Waals surface area (Å²) in [4.78, 5) is 22.4. The van der Waals surface area contributed by atoms with Gasteiger partial charge in [0.15, 0.2) is 6.10 Å². The number of nitrogens with one attached hydrogen (secondary N) is 1. The molecule has 1 aliphatic heterocycles. The van der Waals surface area contributed by atoms with Crippen LogP contribution in [0.25, 0.3) is 0 Å². The fraction of sp³-hybridized carbons (Fsp3) is 0.400. The molecule has 0 radical (unpaired) electrons. The van der Waals surface area contributed by atoms with Gasteiger partial charge in [-0.2, -0.15) is 0 Å². The quantitative estimate of drug-likeness (QED) is 0.406. The van der Waals surface area contributed by atoms with E-state index in [0.717, 1.165) is 0 Å². The summed E-state index contributed by atoms with van der Waals surface area (Å²) in [7, 11) is 0. The molecule has 1 saturated heterocycles. The van der Waals surface area contributed by atoms with Crippen LogP contribution >= 0.6 is 0 Å². The number of carbonyl (C=O) groups is 2. The number of ether oxygens (including phenoxy) is 1. The largest absolute Gasteiger partial charge is 0.449 e. The first-order valence-electron chi connectivity index (χ1n) is 4.43. The van der Waals surface area contributed by atoms with Crippen LogP contribution in [0.4, 0.5) is 0 Å². The van der Waals surface area contributed by atoms with Crippen molar-refractivity contribution in [1.82, 2.24) is 5.32 Å². The number of rotatable bonds is 3. The molecule has 1 amide bonds. The number of esters is 1. The fourth-order valence-corrected chi connectivity index (χ4v) is 1.15. The van der Waals surface area contributed by atoms with Crippen LogP contribution in [0.5, 0.6) is 0 Å². The van der Waals surface area contributed by atoms with Crippen LogP contribution in [0.2, 0.25) is 0 Å². The summed E-state index contributed by atoms with van der Waals surface area (Å²) >= 11 is 0. The van der Waals surface area contributed by atoms with Crippen molar-refractivity contribution in [3.05, 3.63) is 24.3 Å². The molecule has 1 heterocycles. The highest BCUT2D eigenvalue weighted by Gasteiger charge is 2.27. The molecule has 1 N–H and O–H groups in total. The Bertz CT molecular complexity index is 294. The van der Waals surface area contributed by atoms with Crippen molar-refractivity contribution in [1.29, 1.82) is 0 Å². The molecule has 4 heteroatoms. The van der Waals surface area contributed by atoms with E-state index in [1.807, 2.05) is 0 Å². The lowest BCUT2D eigenvalue weighted by Gasteiger charge is -2.08. The Morgan fingerprint density at radius 2 is 2.43 bits per heavy atom. The zero-order valence-corrected chi connectivity index (χ0v) is 8.08. The van der Waals surface area contributed by atoms with Gasteiger partial charge in [-0.15, -0.1) is 0 Å². The topological polar surface area (TPSA) is 55.4 Å². The molecule has 1 fully saturated rings. The number of carbonyl (C=O) groups excluding carboxylic acids is 2. The molecule has 1 unspecified atom stereocenters. The summed E-state index contributed by atoms with van der Waals surface area (Å²) < 4.78 is 4.97. The van der Waals surface area contributed by atoms with Crippen LogP contribution in [0, 0.1) is 0 Å². The lowest BCUT2D eigenvalue weighted by atomic mass is 10.2. The Morgan fingerprint density at radius 1 is 1.71 bits per heavy atom. The van der Waals surface area contributed by atoms with E-state index in [2.05, 4.69) is 11.9 Å². The van der Waals surface area contributed by atoms with Crippen molar-refractivity contribution in [2.75, 3.05) is 6.54 Å². The van der Waals surface area contributed by atoms with Crippen molar-refractivity contribution in [2.24, 2.45) is 0 Å². The molecular weight excluding hydrogens is 182 g/mol. The summed E-state index contributed by atoms with van der Waals surface area (Å²) in [5.41, 5.74) is 0.444. The molecule has 0 saturated carbocycles. The molecule has 4 nitrogen and oxygen atoms in total. The molecule has 1 aliphatic rings. The van der Waals surface area contributed by atoms with Gasteiger partial charge in [0.05, 0.1) is 0 Å². The van der Waals surface area contributed by atoms with E-state index in [-0.39, 0.29) is 5.91 Å². The Hall–Kier alpha value is -1.58. The van der Waals surface area contributed by atoms with Crippen LogP contribution in [0.1, 0.15) is 13.3 Å². The maximum absolute atomic E-state index is 11.3. The maximum atomic E-state index is 11.3. The third-order valence-electron chi connectivity index (χ3n) is 1.94. The Labute approximate surface area is 82.6 Å². The van der Waals surface area contributed by atoms with Gasteiger partial charge in [0.1, 0.15) is 0 Å². The molecule has 0 aliphatic carbocycles. The van der Waals surface area contributed by atoms with Gasteiger partial charge in [0, 0.05) is 18.5 Å². The Kier molecular flexibility index (Phi) is 3.45. The van der Waals surface area contributed by atoms with Crippen LogP contribution in [0.3, 0.4) is 0 Å². The average Bonchev–Trinajstić information content (AvgIpc) is 2.52. The van der Waals surface area contributed by atoms with E-state index in [0.29, 0.717) is 18.5 Å². The van der Waals surface area contributed by atoms with E-state index in [1.54, 1.807) is 13.0 Å². The first kappa shape index (κ1) is 10.5. The highest BCUT2D eigenvalue weighted by molar-refractivity contribution is 5.91. The summed E-state index contributed by atoms with van der Waals surface area (Å²) in [6, 6.07) is 0. The van der Waals surface area contributed by atoms with Crippen LogP contribution in [-0.4, -0.2) is 24.5 Å². The van der Waals surface area contributed by atoms with E-state index in [4.69, 9.17) is 4.74 Å². The van der Waals surface area contributed by atoms with E-state index >= 15 is 0 Å². The monoisotopic (exact) mass is 195 g/mol. The van der Waals surface area contributed by atoms with Gasteiger partial charge in [0.2, 0.25) is 0 Å². The molecule has 1 rings (SSSR count). The third kappa shape index (κ3) is 2.45. The van der Waals surface area contributed by atoms with Gasteiger partial charge in [0.25, 0.3) is 5.91 Å². The highest BCUT2D eigenvalue weighted by Crippen LogP contribution is 2.08. The van der Waals surface area contributed by atoms with Crippen LogP contribution in [-0.2, 0) is 14.3 Å². The predicted molar refractivity (Wildman–Crippen MR) is 51.5 cm³/mol. The second kappa shape index (κ2) is 4.60. The van der Waals surface area contributed by atoms with E-state index in [9.17, 15) is 9.59 Å².